The molecule has 8 heteroatoms. The van der Waals surface area contributed by atoms with Crippen LogP contribution < -0.4 is 20.4 Å². The molecule has 3 aromatic rings. The number of hydrogen-bond donors (Lipinski definition) is 2. The van der Waals surface area contributed by atoms with Crippen molar-refractivity contribution in [3.8, 4) is 0 Å². The zero-order valence-corrected chi connectivity index (χ0v) is 18.1. The second-order valence-electron chi connectivity index (χ2n) is 7.78. The molecule has 2 heterocycles. The smallest absolute Gasteiger partial charge is 0.255 e. The number of rotatable bonds is 5. The van der Waals surface area contributed by atoms with E-state index in [-0.39, 0.29) is 17.6 Å². The lowest BCUT2D eigenvalue weighted by atomic mass is 10.1. The van der Waals surface area contributed by atoms with Crippen LogP contribution >= 0.6 is 0 Å². The second kappa shape index (κ2) is 8.66. The number of benzene rings is 2. The van der Waals surface area contributed by atoms with E-state index in [1.54, 1.807) is 11.9 Å². The highest BCUT2D eigenvalue weighted by Crippen LogP contribution is 2.36. The van der Waals surface area contributed by atoms with E-state index in [9.17, 15) is 14.0 Å². The van der Waals surface area contributed by atoms with Crippen molar-refractivity contribution in [2.24, 2.45) is 0 Å². The number of aromatic nitrogens is 1. The predicted octanol–water partition coefficient (Wildman–Crippen LogP) is 3.81. The maximum atomic E-state index is 13.0. The number of carbonyl (C=O) groups is 2. The summed E-state index contributed by atoms with van der Waals surface area (Å²) in [6.07, 6.45) is 0. The van der Waals surface area contributed by atoms with Gasteiger partial charge in [0.15, 0.2) is 0 Å². The van der Waals surface area contributed by atoms with Crippen molar-refractivity contribution >= 4 is 34.7 Å². The first-order valence-electron chi connectivity index (χ1n) is 10.2. The fourth-order valence-corrected chi connectivity index (χ4v) is 3.67. The molecule has 7 nitrogen and oxygen atoms in total. The van der Waals surface area contributed by atoms with E-state index in [0.29, 0.717) is 24.3 Å². The van der Waals surface area contributed by atoms with Crippen molar-refractivity contribution < 1.29 is 14.0 Å². The zero-order chi connectivity index (χ0) is 22.8. The summed E-state index contributed by atoms with van der Waals surface area (Å²) in [7, 11) is 3.66. The minimum Gasteiger partial charge on any atom is -0.366 e. The quantitative estimate of drug-likeness (QED) is 0.640. The number of hydrogen-bond acceptors (Lipinski definition) is 5. The van der Waals surface area contributed by atoms with Crippen molar-refractivity contribution in [3.05, 3.63) is 77.2 Å². The number of carbonyl (C=O) groups excluding carboxylic acids is 2. The van der Waals surface area contributed by atoms with Gasteiger partial charge in [-0.25, -0.2) is 9.37 Å². The molecule has 4 rings (SSSR count). The van der Waals surface area contributed by atoms with Crippen molar-refractivity contribution in [2.45, 2.75) is 13.5 Å². The van der Waals surface area contributed by atoms with Crippen LogP contribution in [-0.2, 0) is 11.3 Å². The van der Waals surface area contributed by atoms with Crippen molar-refractivity contribution in [2.75, 3.05) is 41.1 Å². The topological polar surface area (TPSA) is 77.6 Å². The first-order valence-corrected chi connectivity index (χ1v) is 10.2. The van der Waals surface area contributed by atoms with E-state index in [2.05, 4.69) is 15.6 Å². The Morgan fingerprint density at radius 2 is 1.78 bits per heavy atom. The first-order chi connectivity index (χ1) is 15.3. The Morgan fingerprint density at radius 1 is 1.09 bits per heavy atom. The zero-order valence-electron chi connectivity index (χ0n) is 18.1. The van der Waals surface area contributed by atoms with Crippen LogP contribution in [0.2, 0.25) is 0 Å². The van der Waals surface area contributed by atoms with Gasteiger partial charge < -0.3 is 20.4 Å². The Labute approximate surface area is 185 Å². The minimum absolute atomic E-state index is 0.0391. The number of aryl methyl sites for hydroxylation is 1. The summed E-state index contributed by atoms with van der Waals surface area (Å²) in [6, 6.07) is 14.8. The molecular weight excluding hydrogens is 409 g/mol. The van der Waals surface area contributed by atoms with Crippen molar-refractivity contribution in [1.29, 1.82) is 0 Å². The molecule has 2 aromatic carbocycles. The van der Waals surface area contributed by atoms with Gasteiger partial charge in [-0.3, -0.25) is 9.59 Å². The molecule has 0 bridgehead atoms. The average Bonchev–Trinajstić information content (AvgIpc) is 2.77. The summed E-state index contributed by atoms with van der Waals surface area (Å²) in [5, 5.41) is 6.13. The van der Waals surface area contributed by atoms with Gasteiger partial charge >= 0.3 is 0 Å². The van der Waals surface area contributed by atoms with E-state index < -0.39 is 0 Å². The Bertz CT molecular complexity index is 1160. The number of likely N-dealkylation sites (N-methyl/N-ethyl adjacent to an activating group) is 2. The van der Waals surface area contributed by atoms with Gasteiger partial charge in [0, 0.05) is 38.0 Å². The molecule has 0 atom stereocenters. The van der Waals surface area contributed by atoms with Crippen LogP contribution in [0.4, 0.5) is 27.3 Å². The van der Waals surface area contributed by atoms with E-state index in [1.807, 2.05) is 49.2 Å². The summed E-state index contributed by atoms with van der Waals surface area (Å²) in [4.78, 5) is 32.5. The second-order valence-corrected chi connectivity index (χ2v) is 7.78. The maximum Gasteiger partial charge on any atom is 0.255 e. The van der Waals surface area contributed by atoms with Gasteiger partial charge in [0.2, 0.25) is 5.91 Å². The van der Waals surface area contributed by atoms with E-state index in [1.165, 1.54) is 24.3 Å². The van der Waals surface area contributed by atoms with E-state index in [0.717, 1.165) is 28.5 Å². The lowest BCUT2D eigenvalue weighted by molar-refractivity contribution is -0.117. The average molecular weight is 433 g/mol. The highest BCUT2D eigenvalue weighted by molar-refractivity contribution is 6.04. The summed E-state index contributed by atoms with van der Waals surface area (Å²) < 4.78 is 13.0. The third-order valence-electron chi connectivity index (χ3n) is 5.43. The van der Waals surface area contributed by atoms with Crippen LogP contribution in [0.15, 0.2) is 54.6 Å². The highest BCUT2D eigenvalue weighted by Gasteiger charge is 2.27. The van der Waals surface area contributed by atoms with Crippen LogP contribution in [-0.4, -0.2) is 37.4 Å². The molecular formula is C24H24FN5O2. The summed E-state index contributed by atoms with van der Waals surface area (Å²) in [5.74, 6) is 0.0908. The summed E-state index contributed by atoms with van der Waals surface area (Å²) >= 11 is 0. The Hall–Kier alpha value is -3.94. The minimum atomic E-state index is -0.380. The molecule has 164 valence electrons. The number of fused-ring (bicyclic) bond motifs is 1. The van der Waals surface area contributed by atoms with Gasteiger partial charge in [-0.2, -0.15) is 0 Å². The van der Waals surface area contributed by atoms with E-state index in [4.69, 9.17) is 0 Å². The molecule has 1 aromatic heterocycles. The molecule has 0 radical (unpaired) electrons. The monoisotopic (exact) mass is 433 g/mol. The fraction of sp³-hybridized carbons (Fsp3) is 0.208. The van der Waals surface area contributed by atoms with Crippen molar-refractivity contribution in [1.82, 2.24) is 4.98 Å². The largest absolute Gasteiger partial charge is 0.366 e. The van der Waals surface area contributed by atoms with Crippen molar-refractivity contribution in [3.63, 3.8) is 0 Å². The van der Waals surface area contributed by atoms with Crippen LogP contribution in [0.5, 0.6) is 0 Å². The van der Waals surface area contributed by atoms with Crippen LogP contribution in [0.25, 0.3) is 0 Å². The molecule has 1 aliphatic rings. The molecule has 0 aliphatic carbocycles. The molecule has 0 unspecified atom stereocenters. The lowest BCUT2D eigenvalue weighted by Gasteiger charge is -2.34. The number of pyridine rings is 1. The number of amides is 2. The Morgan fingerprint density at radius 3 is 2.47 bits per heavy atom. The molecule has 0 saturated heterocycles. The summed E-state index contributed by atoms with van der Waals surface area (Å²) in [6.45, 7) is 2.78. The molecule has 1 aliphatic heterocycles. The molecule has 0 fully saturated rings. The maximum absolute atomic E-state index is 13.0. The number of halogens is 1. The number of anilines is 4. The molecule has 0 spiro atoms. The SMILES string of the molecule is Cc1nc(NCc2ccc(NC(=O)c3ccc(F)cc3)cc2)cc2c1N(C)C(=O)CN2C. The standard InChI is InChI=1S/C24H24FN5O2/c1-15-23-20(29(2)14-22(31)30(23)3)12-21(27-15)26-13-16-4-10-19(11-5-16)28-24(32)17-6-8-18(25)9-7-17/h4-12H,13-14H2,1-3H3,(H,26,27)(H,28,32). The number of nitrogens with one attached hydrogen (secondary N) is 2. The van der Waals surface area contributed by atoms with Gasteiger partial charge in [-0.05, 0) is 48.9 Å². The highest BCUT2D eigenvalue weighted by atomic mass is 19.1. The normalized spacial score (nSPS) is 13.1. The number of nitrogens with zero attached hydrogens (tertiary/aromatic N) is 3. The van der Waals surface area contributed by atoms with Gasteiger partial charge in [0.25, 0.3) is 5.91 Å². The Kier molecular flexibility index (Phi) is 5.77. The Balaban J connectivity index is 1.41. The van der Waals surface area contributed by atoms with Gasteiger partial charge in [-0.1, -0.05) is 12.1 Å². The molecule has 0 saturated carbocycles. The van der Waals surface area contributed by atoms with Gasteiger partial charge in [0.05, 0.1) is 23.6 Å². The first kappa shape index (κ1) is 21.3. The summed E-state index contributed by atoms with van der Waals surface area (Å²) in [5.41, 5.74) is 4.63. The van der Waals surface area contributed by atoms with Gasteiger partial charge in [-0.15, -0.1) is 0 Å². The van der Waals surface area contributed by atoms with E-state index >= 15 is 0 Å². The van der Waals surface area contributed by atoms with Gasteiger partial charge in [0.1, 0.15) is 11.6 Å². The fourth-order valence-electron chi connectivity index (χ4n) is 3.67. The molecule has 2 N–H and O–H groups in total. The van der Waals surface area contributed by atoms with Crippen LogP contribution in [0.1, 0.15) is 21.6 Å². The van der Waals surface area contributed by atoms with Crippen LogP contribution in [0, 0.1) is 12.7 Å². The molecule has 2 amide bonds. The molecule has 32 heavy (non-hydrogen) atoms. The third kappa shape index (κ3) is 4.39. The lowest BCUT2D eigenvalue weighted by Crippen LogP contribution is -2.42. The third-order valence-corrected chi connectivity index (χ3v) is 5.43. The predicted molar refractivity (Wildman–Crippen MR) is 124 cm³/mol. The van der Waals surface area contributed by atoms with Crippen LogP contribution in [0.3, 0.4) is 0 Å².